The summed E-state index contributed by atoms with van der Waals surface area (Å²) in [5.74, 6) is -0.613. The molecule has 0 bridgehead atoms. The molecule has 1 aliphatic carbocycles. The van der Waals surface area contributed by atoms with E-state index in [-0.39, 0.29) is 18.2 Å². The van der Waals surface area contributed by atoms with E-state index in [4.69, 9.17) is 0 Å². The van der Waals surface area contributed by atoms with Crippen LogP contribution in [0, 0.1) is 5.82 Å². The molecule has 4 heteroatoms. The van der Waals surface area contributed by atoms with Crippen LogP contribution in [0.5, 0.6) is 0 Å². The van der Waals surface area contributed by atoms with Gasteiger partial charge in [0.2, 0.25) is 0 Å². The molecule has 2 radical (unpaired) electrons. The van der Waals surface area contributed by atoms with Gasteiger partial charge < -0.3 is 4.74 Å². The highest BCUT2D eigenvalue weighted by Crippen LogP contribution is 2.42. The quantitative estimate of drug-likeness (QED) is 0.602. The Morgan fingerprint density at radius 1 is 1.44 bits per heavy atom. The third kappa shape index (κ3) is 2.14. The van der Waals surface area contributed by atoms with Gasteiger partial charge in [-0.3, -0.25) is 4.79 Å². The van der Waals surface area contributed by atoms with E-state index in [0.717, 1.165) is 27.8 Å². The minimum atomic E-state index is -0.315. The highest BCUT2D eigenvalue weighted by atomic mass is 27.0. The van der Waals surface area contributed by atoms with E-state index < -0.39 is 0 Å². The van der Waals surface area contributed by atoms with E-state index in [1.54, 1.807) is 6.07 Å². The van der Waals surface area contributed by atoms with Crippen molar-refractivity contribution in [2.75, 3.05) is 7.11 Å². The van der Waals surface area contributed by atoms with E-state index in [1.807, 2.05) is 11.9 Å². The van der Waals surface area contributed by atoms with Crippen molar-refractivity contribution in [2.45, 2.75) is 13.3 Å². The summed E-state index contributed by atoms with van der Waals surface area (Å²) in [6.45, 7) is 1.94. The zero-order valence-electron chi connectivity index (χ0n) is 10.3. The summed E-state index contributed by atoms with van der Waals surface area (Å²) in [7, 11) is 1.35. The Kier molecular flexibility index (Phi) is 3.70. The molecule has 1 aromatic carbocycles. The normalized spacial score (nSPS) is 16.1. The number of methoxy groups -OCH3 is 1. The molecule has 0 unspecified atom stereocenters. The molecule has 0 atom stereocenters. The van der Waals surface area contributed by atoms with Gasteiger partial charge in [-0.2, -0.15) is 4.94 Å². The van der Waals surface area contributed by atoms with E-state index >= 15 is 0 Å². The number of allylic oxidation sites excluding steroid dienone is 2. The van der Waals surface area contributed by atoms with Crippen LogP contribution in [0.15, 0.2) is 28.7 Å². The summed E-state index contributed by atoms with van der Waals surface area (Å²) >= 11 is 2.55. The van der Waals surface area contributed by atoms with Crippen molar-refractivity contribution in [2.24, 2.45) is 0 Å². The molecule has 0 amide bonds. The van der Waals surface area contributed by atoms with Crippen LogP contribution in [0.4, 0.5) is 4.39 Å². The van der Waals surface area contributed by atoms with Crippen LogP contribution in [0.2, 0.25) is 0 Å². The number of rotatable bonds is 2. The first-order chi connectivity index (χ1) is 8.58. The van der Waals surface area contributed by atoms with Gasteiger partial charge in [-0.15, -0.1) is 0 Å². The van der Waals surface area contributed by atoms with Gasteiger partial charge in [-0.1, -0.05) is 6.07 Å². The molecule has 1 aromatic rings. The SMILES string of the molecule is COC(=O)CC1=C(C)/C(=[CH]/[Al])c2ccc(F)cc21. The molecular formula is C14H12AlFO2. The molecule has 90 valence electrons. The zero-order chi connectivity index (χ0) is 13.3. The van der Waals surface area contributed by atoms with Crippen molar-refractivity contribution < 1.29 is 13.9 Å². The largest absolute Gasteiger partial charge is 0.469 e. The van der Waals surface area contributed by atoms with E-state index in [9.17, 15) is 9.18 Å². The molecule has 0 N–H and O–H groups in total. The van der Waals surface area contributed by atoms with Crippen LogP contribution < -0.4 is 0 Å². The summed E-state index contributed by atoms with van der Waals surface area (Å²) in [5, 5.41) is 0. The van der Waals surface area contributed by atoms with Gasteiger partial charge in [0.15, 0.2) is 16.3 Å². The molecule has 2 rings (SSSR count). The van der Waals surface area contributed by atoms with Crippen LogP contribution in [-0.4, -0.2) is 29.4 Å². The van der Waals surface area contributed by atoms with Gasteiger partial charge in [-0.05, 0) is 46.9 Å². The Morgan fingerprint density at radius 3 is 2.78 bits per heavy atom. The first-order valence-electron chi connectivity index (χ1n) is 5.57. The Hall–Kier alpha value is -1.37. The minimum absolute atomic E-state index is 0.167. The average molecular weight is 258 g/mol. The number of halogens is 1. The fourth-order valence-corrected chi connectivity index (χ4v) is 2.66. The first-order valence-corrected chi connectivity index (χ1v) is 6.24. The van der Waals surface area contributed by atoms with Crippen molar-refractivity contribution in [3.63, 3.8) is 0 Å². The number of carbonyl (C=O) groups is 1. The number of fused-ring (bicyclic) bond motifs is 1. The number of hydrogen-bond acceptors (Lipinski definition) is 2. The highest BCUT2D eigenvalue weighted by Gasteiger charge is 2.24. The van der Waals surface area contributed by atoms with Crippen molar-refractivity contribution >= 4 is 33.4 Å². The number of benzene rings is 1. The maximum atomic E-state index is 13.3. The Bertz CT molecular complexity index is 573. The van der Waals surface area contributed by atoms with Gasteiger partial charge in [0, 0.05) is 0 Å². The molecule has 0 fully saturated rings. The third-order valence-corrected chi connectivity index (χ3v) is 3.50. The molecule has 1 aliphatic rings. The maximum absolute atomic E-state index is 13.3. The number of ether oxygens (including phenoxy) is 1. The zero-order valence-corrected chi connectivity index (χ0v) is 11.4. The Labute approximate surface area is 114 Å². The lowest BCUT2D eigenvalue weighted by molar-refractivity contribution is -0.139. The number of hydrogen-bond donors (Lipinski definition) is 0. The van der Waals surface area contributed by atoms with Crippen LogP contribution in [0.3, 0.4) is 0 Å². The molecule has 0 aliphatic heterocycles. The molecule has 0 heterocycles. The summed E-state index contributed by atoms with van der Waals surface area (Å²) in [5.41, 5.74) is 4.60. The highest BCUT2D eigenvalue weighted by molar-refractivity contribution is 6.23. The lowest BCUT2D eigenvalue weighted by Crippen LogP contribution is -2.01. The fourth-order valence-electron chi connectivity index (χ4n) is 2.23. The lowest BCUT2D eigenvalue weighted by Gasteiger charge is -2.05. The molecule has 18 heavy (non-hydrogen) atoms. The van der Waals surface area contributed by atoms with Gasteiger partial charge >= 0.3 is 5.97 Å². The molecule has 0 spiro atoms. The van der Waals surface area contributed by atoms with E-state index in [0.29, 0.717) is 0 Å². The van der Waals surface area contributed by atoms with Crippen molar-refractivity contribution in [3.05, 3.63) is 45.7 Å². The van der Waals surface area contributed by atoms with Gasteiger partial charge in [-0.25, -0.2) is 4.39 Å². The van der Waals surface area contributed by atoms with E-state index in [1.165, 1.54) is 19.2 Å². The molecule has 2 nitrogen and oxygen atoms in total. The third-order valence-electron chi connectivity index (χ3n) is 3.17. The van der Waals surface area contributed by atoms with Gasteiger partial charge in [0.25, 0.3) is 0 Å². The van der Waals surface area contributed by atoms with Crippen molar-refractivity contribution in [1.29, 1.82) is 0 Å². The van der Waals surface area contributed by atoms with Crippen molar-refractivity contribution in [1.82, 2.24) is 0 Å². The topological polar surface area (TPSA) is 26.3 Å². The second kappa shape index (κ2) is 5.09. The molecule has 0 saturated heterocycles. The number of carbonyl (C=O) groups excluding carboxylic acids is 1. The van der Waals surface area contributed by atoms with Crippen molar-refractivity contribution in [3.8, 4) is 0 Å². The Balaban J connectivity index is 2.55. The second-order valence-electron chi connectivity index (χ2n) is 4.13. The minimum Gasteiger partial charge on any atom is -0.469 e. The summed E-state index contributed by atoms with van der Waals surface area (Å²) in [6, 6.07) is 4.65. The van der Waals surface area contributed by atoms with Crippen LogP contribution >= 0.6 is 0 Å². The maximum Gasteiger partial charge on any atom is 0.310 e. The average Bonchev–Trinajstić information content (AvgIpc) is 2.62. The second-order valence-corrected chi connectivity index (χ2v) is 4.46. The predicted octanol–water partition coefficient (Wildman–Crippen LogP) is 2.69. The molecule has 0 saturated carbocycles. The van der Waals surface area contributed by atoms with Gasteiger partial charge in [0.05, 0.1) is 13.5 Å². The summed E-state index contributed by atoms with van der Waals surface area (Å²) < 4.78 is 18.0. The first kappa shape index (κ1) is 13.1. The smallest absolute Gasteiger partial charge is 0.310 e. The Morgan fingerprint density at radius 2 is 2.17 bits per heavy atom. The fraction of sp³-hybridized carbons (Fsp3) is 0.214. The standard InChI is InChI=1S/C14H12FO2.Al/c1-8-9(2)12(7-14(16)17-3)13-6-10(15)4-5-11(8)13;/h1,4-6H,7H2,2-3H3;. The monoisotopic (exact) mass is 258 g/mol. The predicted molar refractivity (Wildman–Crippen MR) is 69.4 cm³/mol. The van der Waals surface area contributed by atoms with Gasteiger partial charge in [0.1, 0.15) is 5.82 Å². The van der Waals surface area contributed by atoms with Crippen LogP contribution in [-0.2, 0) is 9.53 Å². The van der Waals surface area contributed by atoms with E-state index in [2.05, 4.69) is 21.0 Å². The van der Waals surface area contributed by atoms with Crippen LogP contribution in [0.25, 0.3) is 11.1 Å². The molecule has 0 aromatic heterocycles. The number of esters is 1. The summed E-state index contributed by atoms with van der Waals surface area (Å²) in [6.07, 6.45) is 0.167. The lowest BCUT2D eigenvalue weighted by atomic mass is 10.0. The summed E-state index contributed by atoms with van der Waals surface area (Å²) in [4.78, 5) is 13.3. The van der Waals surface area contributed by atoms with Crippen LogP contribution in [0.1, 0.15) is 24.5 Å². The molecular weight excluding hydrogens is 246 g/mol.